The third-order valence-electron chi connectivity index (χ3n) is 2.40. The minimum absolute atomic E-state index is 0.0933. The molecule has 1 aromatic heterocycles. The summed E-state index contributed by atoms with van der Waals surface area (Å²) in [6.07, 6.45) is 4.05. The second-order valence-electron chi connectivity index (χ2n) is 4.07. The Bertz CT molecular complexity index is 342. The number of carbonyl (C=O) groups is 1. The highest BCUT2D eigenvalue weighted by molar-refractivity contribution is 5.87. The largest absolute Gasteiger partial charge is 0.370 e. The van der Waals surface area contributed by atoms with Gasteiger partial charge in [-0.15, -0.1) is 0 Å². The molecule has 17 heavy (non-hydrogen) atoms. The highest BCUT2D eigenvalue weighted by Crippen LogP contribution is 2.15. The SMILES string of the molecule is CCCN(CCC)c1ccc(NC(C)=O)nc1. The fourth-order valence-electron chi connectivity index (χ4n) is 1.74. The number of aromatic nitrogens is 1. The van der Waals surface area contributed by atoms with Gasteiger partial charge in [0.25, 0.3) is 0 Å². The summed E-state index contributed by atoms with van der Waals surface area (Å²) in [5.41, 5.74) is 1.11. The molecule has 4 heteroatoms. The summed E-state index contributed by atoms with van der Waals surface area (Å²) >= 11 is 0. The van der Waals surface area contributed by atoms with Gasteiger partial charge in [0, 0.05) is 20.0 Å². The Morgan fingerprint density at radius 2 is 1.94 bits per heavy atom. The minimum Gasteiger partial charge on any atom is -0.370 e. The normalized spacial score (nSPS) is 10.1. The molecule has 0 unspecified atom stereocenters. The van der Waals surface area contributed by atoms with E-state index < -0.39 is 0 Å². The molecule has 0 spiro atoms. The molecule has 1 heterocycles. The summed E-state index contributed by atoms with van der Waals surface area (Å²) in [5.74, 6) is 0.512. The van der Waals surface area contributed by atoms with E-state index in [-0.39, 0.29) is 5.91 Å². The molecule has 94 valence electrons. The maximum absolute atomic E-state index is 10.9. The number of nitrogens with zero attached hydrogens (tertiary/aromatic N) is 2. The van der Waals surface area contributed by atoms with Crippen molar-refractivity contribution in [3.8, 4) is 0 Å². The van der Waals surface area contributed by atoms with Crippen LogP contribution in [0.15, 0.2) is 18.3 Å². The van der Waals surface area contributed by atoms with Gasteiger partial charge >= 0.3 is 0 Å². The summed E-state index contributed by atoms with van der Waals surface area (Å²) < 4.78 is 0. The van der Waals surface area contributed by atoms with Gasteiger partial charge < -0.3 is 10.2 Å². The van der Waals surface area contributed by atoms with Gasteiger partial charge in [0.2, 0.25) is 5.91 Å². The van der Waals surface area contributed by atoms with E-state index in [1.807, 2.05) is 18.3 Å². The van der Waals surface area contributed by atoms with Gasteiger partial charge in [0.15, 0.2) is 0 Å². The maximum atomic E-state index is 10.9. The second-order valence-corrected chi connectivity index (χ2v) is 4.07. The van der Waals surface area contributed by atoms with Gasteiger partial charge in [-0.1, -0.05) is 13.8 Å². The third-order valence-corrected chi connectivity index (χ3v) is 2.40. The van der Waals surface area contributed by atoms with Crippen LogP contribution in [0.2, 0.25) is 0 Å². The fourth-order valence-corrected chi connectivity index (χ4v) is 1.74. The van der Waals surface area contributed by atoms with Crippen molar-refractivity contribution in [1.29, 1.82) is 0 Å². The van der Waals surface area contributed by atoms with Crippen LogP contribution in [0.4, 0.5) is 11.5 Å². The van der Waals surface area contributed by atoms with Gasteiger partial charge in [-0.3, -0.25) is 4.79 Å². The third kappa shape index (κ3) is 4.43. The van der Waals surface area contributed by atoms with E-state index in [1.165, 1.54) is 6.92 Å². The highest BCUT2D eigenvalue weighted by atomic mass is 16.1. The summed E-state index contributed by atoms with van der Waals surface area (Å²) in [6, 6.07) is 3.85. The fraction of sp³-hybridized carbons (Fsp3) is 0.538. The molecule has 0 aliphatic carbocycles. The first-order chi connectivity index (χ1) is 8.17. The molecule has 0 atom stereocenters. The summed E-state index contributed by atoms with van der Waals surface area (Å²) in [7, 11) is 0. The van der Waals surface area contributed by atoms with E-state index in [0.29, 0.717) is 5.82 Å². The van der Waals surface area contributed by atoms with Crippen LogP contribution in [0.3, 0.4) is 0 Å². The Morgan fingerprint density at radius 3 is 2.35 bits per heavy atom. The zero-order valence-corrected chi connectivity index (χ0v) is 10.9. The molecule has 4 nitrogen and oxygen atoms in total. The number of hydrogen-bond donors (Lipinski definition) is 1. The van der Waals surface area contributed by atoms with E-state index in [9.17, 15) is 4.79 Å². The number of anilines is 2. The van der Waals surface area contributed by atoms with Crippen molar-refractivity contribution >= 4 is 17.4 Å². The molecule has 0 bridgehead atoms. The predicted molar refractivity (Wildman–Crippen MR) is 71.3 cm³/mol. The van der Waals surface area contributed by atoms with Crippen LogP contribution in [0.25, 0.3) is 0 Å². The lowest BCUT2D eigenvalue weighted by molar-refractivity contribution is -0.114. The van der Waals surface area contributed by atoms with E-state index in [4.69, 9.17) is 0 Å². The Kier molecular flexibility index (Phi) is 5.46. The molecule has 0 aromatic carbocycles. The standard InChI is InChI=1S/C13H21N3O/c1-4-8-16(9-5-2)12-6-7-13(14-10-12)15-11(3)17/h6-7,10H,4-5,8-9H2,1-3H3,(H,14,15,17). The Labute approximate surface area is 103 Å². The molecule has 0 radical (unpaired) electrons. The van der Waals surface area contributed by atoms with E-state index in [1.54, 1.807) is 0 Å². The average Bonchev–Trinajstić information content (AvgIpc) is 2.29. The van der Waals surface area contributed by atoms with Gasteiger partial charge in [0.1, 0.15) is 5.82 Å². The first-order valence-electron chi connectivity index (χ1n) is 6.16. The van der Waals surface area contributed by atoms with Crippen molar-refractivity contribution in [1.82, 2.24) is 4.98 Å². The summed E-state index contributed by atoms with van der Waals surface area (Å²) in [6.45, 7) is 7.89. The molecule has 0 fully saturated rings. The number of pyridine rings is 1. The lowest BCUT2D eigenvalue weighted by Gasteiger charge is -2.23. The van der Waals surface area contributed by atoms with Crippen LogP contribution in [-0.4, -0.2) is 24.0 Å². The van der Waals surface area contributed by atoms with Crippen molar-refractivity contribution in [3.05, 3.63) is 18.3 Å². The first-order valence-corrected chi connectivity index (χ1v) is 6.16. The summed E-state index contributed by atoms with van der Waals surface area (Å²) in [5, 5.41) is 2.67. The second kappa shape index (κ2) is 6.89. The molecular weight excluding hydrogens is 214 g/mol. The molecule has 1 rings (SSSR count). The molecule has 0 aliphatic rings. The van der Waals surface area contributed by atoms with Crippen molar-refractivity contribution in [3.63, 3.8) is 0 Å². The number of carbonyl (C=O) groups excluding carboxylic acids is 1. The van der Waals surface area contributed by atoms with Crippen molar-refractivity contribution in [2.75, 3.05) is 23.3 Å². The smallest absolute Gasteiger partial charge is 0.222 e. The number of amides is 1. The first kappa shape index (κ1) is 13.5. The van der Waals surface area contributed by atoms with Gasteiger partial charge in [-0.25, -0.2) is 4.98 Å². The lowest BCUT2D eigenvalue weighted by Crippen LogP contribution is -2.25. The molecule has 0 saturated carbocycles. The van der Waals surface area contributed by atoms with Crippen LogP contribution in [0, 0.1) is 0 Å². The molecule has 1 amide bonds. The molecule has 0 aliphatic heterocycles. The zero-order chi connectivity index (χ0) is 12.7. The Hall–Kier alpha value is -1.58. The molecule has 1 aromatic rings. The summed E-state index contributed by atoms with van der Waals surface area (Å²) in [4.78, 5) is 17.4. The van der Waals surface area contributed by atoms with E-state index in [2.05, 4.69) is 29.0 Å². The number of rotatable bonds is 6. The molecule has 1 N–H and O–H groups in total. The van der Waals surface area contributed by atoms with E-state index in [0.717, 1.165) is 31.6 Å². The number of nitrogens with one attached hydrogen (secondary N) is 1. The highest BCUT2D eigenvalue weighted by Gasteiger charge is 2.05. The lowest BCUT2D eigenvalue weighted by atomic mass is 10.3. The van der Waals surface area contributed by atoms with Crippen molar-refractivity contribution < 1.29 is 4.79 Å². The topological polar surface area (TPSA) is 45.2 Å². The van der Waals surface area contributed by atoms with Crippen molar-refractivity contribution in [2.45, 2.75) is 33.6 Å². The zero-order valence-electron chi connectivity index (χ0n) is 10.9. The molecule has 0 saturated heterocycles. The van der Waals surface area contributed by atoms with Crippen LogP contribution < -0.4 is 10.2 Å². The van der Waals surface area contributed by atoms with Gasteiger partial charge in [-0.05, 0) is 25.0 Å². The van der Waals surface area contributed by atoms with Crippen LogP contribution in [0.1, 0.15) is 33.6 Å². The van der Waals surface area contributed by atoms with E-state index >= 15 is 0 Å². The molecular formula is C13H21N3O. The Balaban J connectivity index is 2.72. The van der Waals surface area contributed by atoms with Crippen LogP contribution in [0.5, 0.6) is 0 Å². The minimum atomic E-state index is -0.0933. The number of hydrogen-bond acceptors (Lipinski definition) is 3. The van der Waals surface area contributed by atoms with Crippen LogP contribution >= 0.6 is 0 Å². The quantitative estimate of drug-likeness (QED) is 0.824. The van der Waals surface area contributed by atoms with Crippen molar-refractivity contribution in [2.24, 2.45) is 0 Å². The van der Waals surface area contributed by atoms with Gasteiger partial charge in [-0.2, -0.15) is 0 Å². The monoisotopic (exact) mass is 235 g/mol. The predicted octanol–water partition coefficient (Wildman–Crippen LogP) is 2.67. The van der Waals surface area contributed by atoms with Crippen LogP contribution in [-0.2, 0) is 4.79 Å². The Morgan fingerprint density at radius 1 is 1.29 bits per heavy atom. The van der Waals surface area contributed by atoms with Gasteiger partial charge in [0.05, 0.1) is 11.9 Å². The average molecular weight is 235 g/mol. The maximum Gasteiger partial charge on any atom is 0.222 e.